The first-order valence-corrected chi connectivity index (χ1v) is 4.90. The Bertz CT molecular complexity index is 304. The molecular formula is C10H18N4O3. The summed E-state index contributed by atoms with van der Waals surface area (Å²) in [7, 11) is 3.49. The lowest BCUT2D eigenvalue weighted by Gasteiger charge is -2.21. The summed E-state index contributed by atoms with van der Waals surface area (Å²) in [6, 6.07) is -0.447. The average molecular weight is 242 g/mol. The second-order valence-electron chi connectivity index (χ2n) is 3.05. The monoisotopic (exact) mass is 242 g/mol. The van der Waals surface area contributed by atoms with E-state index < -0.39 is 12.0 Å². The number of amides is 2. The minimum atomic E-state index is -0.592. The number of carbonyl (C=O) groups excluding carboxylic acids is 2. The molecule has 0 unspecified atom stereocenters. The minimum Gasteiger partial charge on any atom is -0.441 e. The Morgan fingerprint density at radius 1 is 1.41 bits per heavy atom. The molecule has 7 heteroatoms. The standard InChI is InChI=1S/C10H18N4O3/c1-5-9(15)17-7-13-10(16)12-6-14(4)8(2)11-3/h5,11H,1-2,6-7H2,3-4H3,(H2,12,13,16). The van der Waals surface area contributed by atoms with Crippen molar-refractivity contribution in [1.29, 1.82) is 0 Å². The van der Waals surface area contributed by atoms with Gasteiger partial charge < -0.3 is 25.6 Å². The van der Waals surface area contributed by atoms with Crippen molar-refractivity contribution in [3.63, 3.8) is 0 Å². The van der Waals surface area contributed by atoms with Crippen LogP contribution < -0.4 is 16.0 Å². The average Bonchev–Trinajstić information content (AvgIpc) is 2.34. The molecule has 0 fully saturated rings. The van der Waals surface area contributed by atoms with E-state index in [9.17, 15) is 9.59 Å². The number of ether oxygens (including phenoxy) is 1. The van der Waals surface area contributed by atoms with Crippen LogP contribution in [0.25, 0.3) is 0 Å². The van der Waals surface area contributed by atoms with E-state index in [4.69, 9.17) is 0 Å². The van der Waals surface area contributed by atoms with Crippen LogP contribution in [0.4, 0.5) is 4.79 Å². The van der Waals surface area contributed by atoms with Crippen LogP contribution in [0.3, 0.4) is 0 Å². The maximum atomic E-state index is 11.2. The molecule has 0 aliphatic rings. The number of nitrogens with one attached hydrogen (secondary N) is 3. The van der Waals surface area contributed by atoms with Gasteiger partial charge in [0.15, 0.2) is 6.73 Å². The van der Waals surface area contributed by atoms with Crippen molar-refractivity contribution in [1.82, 2.24) is 20.9 Å². The lowest BCUT2D eigenvalue weighted by atomic mass is 10.6. The van der Waals surface area contributed by atoms with Gasteiger partial charge >= 0.3 is 12.0 Å². The molecule has 96 valence electrons. The molecule has 3 N–H and O–H groups in total. The molecule has 0 rings (SSSR count). The van der Waals surface area contributed by atoms with Crippen molar-refractivity contribution in [2.75, 3.05) is 27.5 Å². The quantitative estimate of drug-likeness (QED) is 0.320. The molecular weight excluding hydrogens is 224 g/mol. The van der Waals surface area contributed by atoms with E-state index in [0.717, 1.165) is 6.08 Å². The summed E-state index contributed by atoms with van der Waals surface area (Å²) >= 11 is 0. The second kappa shape index (κ2) is 8.03. The number of rotatable bonds is 7. The van der Waals surface area contributed by atoms with Crippen molar-refractivity contribution in [3.05, 3.63) is 25.1 Å². The number of carbonyl (C=O) groups is 2. The molecule has 0 aliphatic heterocycles. The van der Waals surface area contributed by atoms with Crippen LogP contribution in [-0.2, 0) is 9.53 Å². The van der Waals surface area contributed by atoms with Crippen LogP contribution >= 0.6 is 0 Å². The van der Waals surface area contributed by atoms with E-state index in [-0.39, 0.29) is 13.4 Å². The molecule has 0 radical (unpaired) electrons. The summed E-state index contributed by atoms with van der Waals surface area (Å²) in [5, 5.41) is 7.72. The van der Waals surface area contributed by atoms with E-state index in [1.165, 1.54) is 0 Å². The highest BCUT2D eigenvalue weighted by Gasteiger charge is 2.03. The third-order valence-electron chi connectivity index (χ3n) is 1.84. The summed E-state index contributed by atoms with van der Waals surface area (Å²) < 4.78 is 4.56. The maximum Gasteiger partial charge on any atom is 0.331 e. The Hall–Kier alpha value is -2.18. The summed E-state index contributed by atoms with van der Waals surface area (Å²) in [6.07, 6.45) is 1.02. The summed E-state index contributed by atoms with van der Waals surface area (Å²) in [6.45, 7) is 7.01. The Balaban J connectivity index is 3.69. The van der Waals surface area contributed by atoms with Crippen molar-refractivity contribution in [3.8, 4) is 0 Å². The van der Waals surface area contributed by atoms with E-state index >= 15 is 0 Å². The van der Waals surface area contributed by atoms with Gasteiger partial charge in [0.05, 0.1) is 12.5 Å². The molecule has 0 aromatic heterocycles. The highest BCUT2D eigenvalue weighted by atomic mass is 16.5. The van der Waals surface area contributed by atoms with Gasteiger partial charge in [0.1, 0.15) is 0 Å². The van der Waals surface area contributed by atoms with Gasteiger partial charge in [-0.3, -0.25) is 0 Å². The van der Waals surface area contributed by atoms with Gasteiger partial charge in [0.25, 0.3) is 0 Å². The fourth-order valence-corrected chi connectivity index (χ4v) is 0.771. The molecule has 2 amide bonds. The first-order chi connectivity index (χ1) is 8.01. The normalized spacial score (nSPS) is 8.82. The van der Waals surface area contributed by atoms with E-state index in [1.807, 2.05) is 0 Å². The van der Waals surface area contributed by atoms with Crippen molar-refractivity contribution in [2.24, 2.45) is 0 Å². The zero-order chi connectivity index (χ0) is 13.3. The molecule has 0 heterocycles. The van der Waals surface area contributed by atoms with Gasteiger partial charge in [0, 0.05) is 20.2 Å². The highest BCUT2D eigenvalue weighted by Crippen LogP contribution is 1.88. The van der Waals surface area contributed by atoms with E-state index in [1.54, 1.807) is 19.0 Å². The zero-order valence-corrected chi connectivity index (χ0v) is 10.1. The molecule has 7 nitrogen and oxygen atoms in total. The van der Waals surface area contributed by atoms with Crippen LogP contribution in [0.5, 0.6) is 0 Å². The van der Waals surface area contributed by atoms with Crippen LogP contribution in [0, 0.1) is 0 Å². The fourth-order valence-electron chi connectivity index (χ4n) is 0.771. The van der Waals surface area contributed by atoms with Gasteiger partial charge in [-0.25, -0.2) is 9.59 Å². The van der Waals surface area contributed by atoms with E-state index in [2.05, 4.69) is 33.8 Å². The second-order valence-corrected chi connectivity index (χ2v) is 3.05. The molecule has 0 atom stereocenters. The topological polar surface area (TPSA) is 82.7 Å². The van der Waals surface area contributed by atoms with Crippen LogP contribution in [-0.4, -0.2) is 44.4 Å². The van der Waals surface area contributed by atoms with Gasteiger partial charge in [-0.1, -0.05) is 13.2 Å². The van der Waals surface area contributed by atoms with Crippen molar-refractivity contribution < 1.29 is 14.3 Å². The van der Waals surface area contributed by atoms with Gasteiger partial charge in [-0.15, -0.1) is 0 Å². The first kappa shape index (κ1) is 14.8. The molecule has 0 spiro atoms. The summed E-state index contributed by atoms with van der Waals surface area (Å²) in [4.78, 5) is 23.6. The zero-order valence-electron chi connectivity index (χ0n) is 10.1. The molecule has 0 aromatic rings. The van der Waals surface area contributed by atoms with E-state index in [0.29, 0.717) is 5.82 Å². The van der Waals surface area contributed by atoms with Crippen LogP contribution in [0.2, 0.25) is 0 Å². The van der Waals surface area contributed by atoms with Gasteiger partial charge in [-0.05, 0) is 0 Å². The fraction of sp³-hybridized carbons (Fsp3) is 0.400. The SMILES string of the molecule is C=CC(=O)OCNC(=O)NCN(C)C(=C)NC. The largest absolute Gasteiger partial charge is 0.441 e. The van der Waals surface area contributed by atoms with Crippen LogP contribution in [0.15, 0.2) is 25.1 Å². The van der Waals surface area contributed by atoms with Crippen molar-refractivity contribution >= 4 is 12.0 Å². The molecule has 0 saturated carbocycles. The Morgan fingerprint density at radius 3 is 2.59 bits per heavy atom. The Labute approximate surface area is 100 Å². The smallest absolute Gasteiger partial charge is 0.331 e. The predicted molar refractivity (Wildman–Crippen MR) is 63.7 cm³/mol. The number of nitrogens with zero attached hydrogens (tertiary/aromatic N) is 1. The minimum absolute atomic E-state index is 0.201. The molecule has 0 aromatic carbocycles. The molecule has 17 heavy (non-hydrogen) atoms. The molecule has 0 saturated heterocycles. The third-order valence-corrected chi connectivity index (χ3v) is 1.84. The lowest BCUT2D eigenvalue weighted by Crippen LogP contribution is -2.43. The number of urea groups is 1. The Morgan fingerprint density at radius 2 is 2.06 bits per heavy atom. The summed E-state index contributed by atoms with van der Waals surface area (Å²) in [5.41, 5.74) is 0. The molecule has 0 aliphatic carbocycles. The number of esters is 1. The third kappa shape index (κ3) is 6.82. The van der Waals surface area contributed by atoms with Gasteiger partial charge in [-0.2, -0.15) is 0 Å². The Kier molecular flexibility index (Phi) is 7.00. The van der Waals surface area contributed by atoms with Crippen LogP contribution in [0.1, 0.15) is 0 Å². The maximum absolute atomic E-state index is 11.2. The first-order valence-electron chi connectivity index (χ1n) is 4.90. The highest BCUT2D eigenvalue weighted by molar-refractivity contribution is 5.81. The summed E-state index contributed by atoms with van der Waals surface area (Å²) in [5.74, 6) is 0.0781. The number of hydrogen-bond acceptors (Lipinski definition) is 5. The van der Waals surface area contributed by atoms with Crippen molar-refractivity contribution in [2.45, 2.75) is 0 Å². The lowest BCUT2D eigenvalue weighted by molar-refractivity contribution is -0.138. The van der Waals surface area contributed by atoms with Gasteiger partial charge in [0.2, 0.25) is 0 Å². The predicted octanol–water partition coefficient (Wildman–Crippen LogP) is -0.448. The number of hydrogen-bond donors (Lipinski definition) is 3. The molecule has 0 bridgehead atoms.